The summed E-state index contributed by atoms with van der Waals surface area (Å²) in [5.74, 6) is -0.0163. The number of benzene rings is 1. The van der Waals surface area contributed by atoms with Crippen LogP contribution in [0.25, 0.3) is 0 Å². The van der Waals surface area contributed by atoms with Gasteiger partial charge in [-0.05, 0) is 17.5 Å². The number of hydrogen-bond acceptors (Lipinski definition) is 3. The van der Waals surface area contributed by atoms with E-state index in [1.54, 1.807) is 29.5 Å². The fourth-order valence-electron chi connectivity index (χ4n) is 1.41. The van der Waals surface area contributed by atoms with Crippen LogP contribution in [0.4, 0.5) is 10.1 Å². The SMILES string of the molecule is COc1cccc(CNc2ccsc2)c1F. The molecule has 0 saturated carbocycles. The Balaban J connectivity index is 2.09. The van der Waals surface area contributed by atoms with Crippen LogP contribution in [0.3, 0.4) is 0 Å². The zero-order valence-corrected chi connectivity index (χ0v) is 9.68. The highest BCUT2D eigenvalue weighted by Gasteiger charge is 2.07. The Hall–Kier alpha value is -1.55. The van der Waals surface area contributed by atoms with E-state index >= 15 is 0 Å². The highest BCUT2D eigenvalue weighted by atomic mass is 32.1. The summed E-state index contributed by atoms with van der Waals surface area (Å²) < 4.78 is 18.7. The Bertz CT molecular complexity index is 456. The lowest BCUT2D eigenvalue weighted by molar-refractivity contribution is 0.384. The van der Waals surface area contributed by atoms with Gasteiger partial charge in [-0.15, -0.1) is 0 Å². The molecule has 0 radical (unpaired) electrons. The molecular weight excluding hydrogens is 225 g/mol. The summed E-state index contributed by atoms with van der Waals surface area (Å²) in [6.07, 6.45) is 0. The molecule has 1 N–H and O–H groups in total. The number of nitrogens with one attached hydrogen (secondary N) is 1. The normalized spacial score (nSPS) is 10.1. The van der Waals surface area contributed by atoms with Crippen molar-refractivity contribution in [2.24, 2.45) is 0 Å². The van der Waals surface area contributed by atoms with E-state index in [-0.39, 0.29) is 11.6 Å². The lowest BCUT2D eigenvalue weighted by atomic mass is 10.2. The molecule has 0 atom stereocenters. The maximum Gasteiger partial charge on any atom is 0.170 e. The molecular formula is C12H12FNOS. The average Bonchev–Trinajstić information content (AvgIpc) is 2.81. The topological polar surface area (TPSA) is 21.3 Å². The summed E-state index contributed by atoms with van der Waals surface area (Å²) in [6, 6.07) is 7.11. The third-order valence-electron chi connectivity index (χ3n) is 2.27. The van der Waals surface area contributed by atoms with E-state index in [1.807, 2.05) is 16.8 Å². The molecule has 1 heterocycles. The van der Waals surface area contributed by atoms with Crippen LogP contribution in [0.5, 0.6) is 5.75 Å². The monoisotopic (exact) mass is 237 g/mol. The summed E-state index contributed by atoms with van der Waals surface area (Å²) in [4.78, 5) is 0. The second-order valence-electron chi connectivity index (χ2n) is 3.30. The number of ether oxygens (including phenoxy) is 1. The van der Waals surface area contributed by atoms with E-state index in [2.05, 4.69) is 5.32 Å². The molecule has 84 valence electrons. The summed E-state index contributed by atoms with van der Waals surface area (Å²) in [5, 5.41) is 7.11. The van der Waals surface area contributed by atoms with Crippen molar-refractivity contribution >= 4 is 17.0 Å². The first-order valence-electron chi connectivity index (χ1n) is 4.88. The second-order valence-corrected chi connectivity index (χ2v) is 4.08. The summed E-state index contributed by atoms with van der Waals surface area (Å²) in [6.45, 7) is 0.458. The van der Waals surface area contributed by atoms with E-state index in [9.17, 15) is 4.39 Å². The van der Waals surface area contributed by atoms with Crippen molar-refractivity contribution < 1.29 is 9.13 Å². The number of halogens is 1. The number of methoxy groups -OCH3 is 1. The van der Waals surface area contributed by atoms with Crippen LogP contribution >= 0.6 is 11.3 Å². The van der Waals surface area contributed by atoms with Crippen molar-refractivity contribution in [2.75, 3.05) is 12.4 Å². The van der Waals surface area contributed by atoms with Crippen molar-refractivity contribution in [3.05, 3.63) is 46.4 Å². The lowest BCUT2D eigenvalue weighted by Crippen LogP contribution is -2.02. The Morgan fingerprint density at radius 2 is 2.25 bits per heavy atom. The average molecular weight is 237 g/mol. The first kappa shape index (κ1) is 11.0. The van der Waals surface area contributed by atoms with Gasteiger partial charge in [0.1, 0.15) is 0 Å². The van der Waals surface area contributed by atoms with Gasteiger partial charge in [0.15, 0.2) is 11.6 Å². The van der Waals surface area contributed by atoms with Gasteiger partial charge in [-0.2, -0.15) is 11.3 Å². The van der Waals surface area contributed by atoms with Crippen molar-refractivity contribution in [1.82, 2.24) is 0 Å². The van der Waals surface area contributed by atoms with Gasteiger partial charge >= 0.3 is 0 Å². The summed E-state index contributed by atoms with van der Waals surface area (Å²) in [7, 11) is 1.47. The molecule has 0 fully saturated rings. The van der Waals surface area contributed by atoms with Crippen LogP contribution in [0, 0.1) is 5.82 Å². The summed E-state index contributed by atoms with van der Waals surface area (Å²) >= 11 is 1.61. The maximum atomic E-state index is 13.7. The van der Waals surface area contributed by atoms with Gasteiger partial charge in [-0.1, -0.05) is 12.1 Å². The zero-order valence-electron chi connectivity index (χ0n) is 8.87. The molecule has 0 unspecified atom stereocenters. The predicted octanol–water partition coefficient (Wildman–Crippen LogP) is 3.51. The number of hydrogen-bond donors (Lipinski definition) is 1. The lowest BCUT2D eigenvalue weighted by Gasteiger charge is -2.08. The van der Waals surface area contributed by atoms with Crippen LogP contribution in [0.1, 0.15) is 5.56 Å². The van der Waals surface area contributed by atoms with Gasteiger partial charge in [0.05, 0.1) is 7.11 Å². The Labute approximate surface area is 97.7 Å². The van der Waals surface area contributed by atoms with Gasteiger partial charge in [0.2, 0.25) is 0 Å². The molecule has 1 aromatic carbocycles. The molecule has 0 saturated heterocycles. The maximum absolute atomic E-state index is 13.7. The van der Waals surface area contributed by atoms with Crippen molar-refractivity contribution in [3.8, 4) is 5.75 Å². The summed E-state index contributed by atoms with van der Waals surface area (Å²) in [5.41, 5.74) is 1.61. The number of thiophene rings is 1. The first-order chi connectivity index (χ1) is 7.81. The standard InChI is InChI=1S/C12H12FNOS/c1-15-11-4-2-3-9(12(11)13)7-14-10-5-6-16-8-10/h2-6,8,14H,7H2,1H3. The van der Waals surface area contributed by atoms with Crippen LogP contribution in [-0.2, 0) is 6.54 Å². The molecule has 4 heteroatoms. The van der Waals surface area contributed by atoms with Crippen molar-refractivity contribution in [2.45, 2.75) is 6.54 Å². The van der Waals surface area contributed by atoms with Crippen molar-refractivity contribution in [1.29, 1.82) is 0 Å². The molecule has 16 heavy (non-hydrogen) atoms. The Morgan fingerprint density at radius 3 is 2.94 bits per heavy atom. The number of rotatable bonds is 4. The minimum atomic E-state index is -0.298. The minimum Gasteiger partial charge on any atom is -0.494 e. The third kappa shape index (κ3) is 2.33. The van der Waals surface area contributed by atoms with Crippen LogP contribution in [0.2, 0.25) is 0 Å². The predicted molar refractivity (Wildman–Crippen MR) is 64.6 cm³/mol. The Kier molecular flexibility index (Phi) is 3.41. The zero-order chi connectivity index (χ0) is 11.4. The fourth-order valence-corrected chi connectivity index (χ4v) is 2.03. The molecule has 2 aromatic rings. The highest BCUT2D eigenvalue weighted by Crippen LogP contribution is 2.21. The van der Waals surface area contributed by atoms with Crippen molar-refractivity contribution in [3.63, 3.8) is 0 Å². The molecule has 0 aliphatic rings. The van der Waals surface area contributed by atoms with Gasteiger partial charge in [0, 0.05) is 23.2 Å². The van der Waals surface area contributed by atoms with Gasteiger partial charge in [-0.3, -0.25) is 0 Å². The molecule has 2 nitrogen and oxygen atoms in total. The smallest absolute Gasteiger partial charge is 0.170 e. The van der Waals surface area contributed by atoms with Gasteiger partial charge in [0.25, 0.3) is 0 Å². The van der Waals surface area contributed by atoms with Crippen LogP contribution in [-0.4, -0.2) is 7.11 Å². The van der Waals surface area contributed by atoms with E-state index in [1.165, 1.54) is 7.11 Å². The first-order valence-corrected chi connectivity index (χ1v) is 5.83. The van der Waals surface area contributed by atoms with Gasteiger partial charge < -0.3 is 10.1 Å². The number of anilines is 1. The minimum absolute atomic E-state index is 0.282. The molecule has 0 spiro atoms. The molecule has 0 bridgehead atoms. The van der Waals surface area contributed by atoms with E-state index < -0.39 is 0 Å². The van der Waals surface area contributed by atoms with Gasteiger partial charge in [-0.25, -0.2) is 4.39 Å². The molecule has 1 aromatic heterocycles. The van der Waals surface area contributed by atoms with E-state index in [0.717, 1.165) is 5.69 Å². The van der Waals surface area contributed by atoms with E-state index in [4.69, 9.17) is 4.74 Å². The quantitative estimate of drug-likeness (QED) is 0.878. The second kappa shape index (κ2) is 4.99. The molecule has 0 aliphatic carbocycles. The van der Waals surface area contributed by atoms with Crippen LogP contribution < -0.4 is 10.1 Å². The third-order valence-corrected chi connectivity index (χ3v) is 2.95. The molecule has 2 rings (SSSR count). The fraction of sp³-hybridized carbons (Fsp3) is 0.167. The van der Waals surface area contributed by atoms with Crippen LogP contribution in [0.15, 0.2) is 35.0 Å². The molecule has 0 amide bonds. The van der Waals surface area contributed by atoms with E-state index in [0.29, 0.717) is 12.1 Å². The largest absolute Gasteiger partial charge is 0.494 e. The Morgan fingerprint density at radius 1 is 1.38 bits per heavy atom. The highest BCUT2D eigenvalue weighted by molar-refractivity contribution is 7.08. The molecule has 0 aliphatic heterocycles.